The van der Waals surface area contributed by atoms with Crippen LogP contribution in [0.5, 0.6) is 5.75 Å². The molecule has 0 aliphatic heterocycles. The van der Waals surface area contributed by atoms with Crippen LogP contribution >= 0.6 is 0 Å². The minimum atomic E-state index is -4.40. The van der Waals surface area contributed by atoms with Crippen molar-refractivity contribution in [2.75, 3.05) is 25.9 Å². The molecule has 1 aliphatic carbocycles. The second-order valence-electron chi connectivity index (χ2n) is 4.85. The van der Waals surface area contributed by atoms with Crippen LogP contribution in [0.1, 0.15) is 18.4 Å². The molecule has 1 aromatic carbocycles. The molecule has 3 nitrogen and oxygen atoms in total. The Morgan fingerprint density at radius 3 is 2.58 bits per heavy atom. The van der Waals surface area contributed by atoms with E-state index in [0.717, 1.165) is 12.1 Å². The summed E-state index contributed by atoms with van der Waals surface area (Å²) >= 11 is 0. The first-order chi connectivity index (χ1) is 8.86. The first kappa shape index (κ1) is 14.0. The number of ether oxygens (including phenoxy) is 1. The lowest BCUT2D eigenvalue weighted by atomic mass is 10.2. The number of nitrogens with zero attached hydrogens (tertiary/aromatic N) is 1. The molecule has 1 fully saturated rings. The minimum absolute atomic E-state index is 0.0559. The van der Waals surface area contributed by atoms with Crippen LogP contribution in [0.2, 0.25) is 0 Å². The van der Waals surface area contributed by atoms with Gasteiger partial charge in [0.2, 0.25) is 0 Å². The van der Waals surface area contributed by atoms with E-state index >= 15 is 0 Å². The van der Waals surface area contributed by atoms with Crippen molar-refractivity contribution in [3.8, 4) is 5.75 Å². The largest absolute Gasteiger partial charge is 0.492 e. The Labute approximate surface area is 110 Å². The zero-order valence-electron chi connectivity index (χ0n) is 10.7. The Morgan fingerprint density at radius 2 is 2.00 bits per heavy atom. The number of nitrogens with two attached hydrogens (primary N) is 1. The number of likely N-dealkylation sites (N-methyl/N-ethyl adjacent to an activating group) is 1. The van der Waals surface area contributed by atoms with Crippen molar-refractivity contribution >= 4 is 5.69 Å². The normalized spacial score (nSPS) is 15.8. The number of anilines is 1. The van der Waals surface area contributed by atoms with Crippen LogP contribution in [-0.4, -0.2) is 31.1 Å². The quantitative estimate of drug-likeness (QED) is 0.839. The van der Waals surface area contributed by atoms with Gasteiger partial charge in [-0.3, -0.25) is 0 Å². The lowest BCUT2D eigenvalue weighted by molar-refractivity contribution is -0.137. The molecule has 6 heteroatoms. The first-order valence-electron chi connectivity index (χ1n) is 6.17. The van der Waals surface area contributed by atoms with Gasteiger partial charge in [-0.1, -0.05) is 0 Å². The van der Waals surface area contributed by atoms with Crippen molar-refractivity contribution in [2.45, 2.75) is 25.1 Å². The summed E-state index contributed by atoms with van der Waals surface area (Å²) in [7, 11) is 1.99. The van der Waals surface area contributed by atoms with Crippen LogP contribution < -0.4 is 10.5 Å². The average Bonchev–Trinajstić information content (AvgIpc) is 3.10. The Kier molecular flexibility index (Phi) is 3.89. The van der Waals surface area contributed by atoms with Crippen LogP contribution in [0.15, 0.2) is 18.2 Å². The summed E-state index contributed by atoms with van der Waals surface area (Å²) in [6, 6.07) is 3.90. The Balaban J connectivity index is 1.93. The van der Waals surface area contributed by atoms with Crippen molar-refractivity contribution in [3.05, 3.63) is 23.8 Å². The highest BCUT2D eigenvalue weighted by molar-refractivity contribution is 5.48. The van der Waals surface area contributed by atoms with Gasteiger partial charge < -0.3 is 15.4 Å². The number of nitrogen functional groups attached to an aromatic ring is 1. The molecular weight excluding hydrogens is 257 g/mol. The molecular formula is C13H17F3N2O. The van der Waals surface area contributed by atoms with Gasteiger partial charge in [-0.05, 0) is 32.0 Å². The van der Waals surface area contributed by atoms with Gasteiger partial charge in [0, 0.05) is 24.3 Å². The molecule has 0 unspecified atom stereocenters. The van der Waals surface area contributed by atoms with Crippen molar-refractivity contribution in [2.24, 2.45) is 0 Å². The fourth-order valence-electron chi connectivity index (χ4n) is 1.87. The van der Waals surface area contributed by atoms with E-state index in [-0.39, 0.29) is 11.4 Å². The summed E-state index contributed by atoms with van der Waals surface area (Å²) in [5.74, 6) is 0.163. The van der Waals surface area contributed by atoms with E-state index in [1.165, 1.54) is 18.9 Å². The van der Waals surface area contributed by atoms with Crippen molar-refractivity contribution < 1.29 is 17.9 Å². The summed E-state index contributed by atoms with van der Waals surface area (Å²) in [6.07, 6.45) is -2.03. The molecule has 0 spiro atoms. The zero-order chi connectivity index (χ0) is 14.0. The molecule has 0 radical (unpaired) electrons. The predicted molar refractivity (Wildman–Crippen MR) is 67.0 cm³/mol. The van der Waals surface area contributed by atoms with Crippen LogP contribution in [0, 0.1) is 0 Å². The molecule has 1 aromatic rings. The van der Waals surface area contributed by atoms with Gasteiger partial charge >= 0.3 is 6.18 Å². The van der Waals surface area contributed by atoms with Crippen LogP contribution in [0.4, 0.5) is 18.9 Å². The fourth-order valence-corrected chi connectivity index (χ4v) is 1.87. The van der Waals surface area contributed by atoms with E-state index < -0.39 is 11.7 Å². The molecule has 2 N–H and O–H groups in total. The van der Waals surface area contributed by atoms with Gasteiger partial charge in [0.05, 0.1) is 5.56 Å². The lowest BCUT2D eigenvalue weighted by Gasteiger charge is -2.16. The van der Waals surface area contributed by atoms with Crippen LogP contribution in [0.25, 0.3) is 0 Å². The summed E-state index contributed by atoms with van der Waals surface area (Å²) in [6.45, 7) is 1.05. The molecule has 1 saturated carbocycles. The summed E-state index contributed by atoms with van der Waals surface area (Å²) in [5, 5.41) is 0. The fraction of sp³-hybridized carbons (Fsp3) is 0.538. The maximum absolute atomic E-state index is 12.6. The summed E-state index contributed by atoms with van der Waals surface area (Å²) in [5.41, 5.74) is 4.73. The van der Waals surface area contributed by atoms with Crippen LogP contribution in [0.3, 0.4) is 0 Å². The first-order valence-corrected chi connectivity index (χ1v) is 6.17. The molecule has 2 rings (SSSR count). The number of hydrogen-bond acceptors (Lipinski definition) is 3. The van der Waals surface area contributed by atoms with E-state index in [4.69, 9.17) is 10.5 Å². The smallest absolute Gasteiger partial charge is 0.416 e. The van der Waals surface area contributed by atoms with E-state index in [1.807, 2.05) is 7.05 Å². The third-order valence-corrected chi connectivity index (χ3v) is 3.14. The Hall–Kier alpha value is -1.43. The lowest BCUT2D eigenvalue weighted by Crippen LogP contribution is -2.26. The Bertz CT molecular complexity index is 444. The third-order valence-electron chi connectivity index (χ3n) is 3.14. The van der Waals surface area contributed by atoms with E-state index in [2.05, 4.69) is 4.90 Å². The molecule has 1 aliphatic rings. The van der Waals surface area contributed by atoms with E-state index in [9.17, 15) is 13.2 Å². The van der Waals surface area contributed by atoms with Crippen molar-refractivity contribution in [1.82, 2.24) is 4.90 Å². The maximum Gasteiger partial charge on any atom is 0.416 e. The van der Waals surface area contributed by atoms with Gasteiger partial charge in [0.1, 0.15) is 12.4 Å². The van der Waals surface area contributed by atoms with E-state index in [0.29, 0.717) is 19.2 Å². The number of rotatable bonds is 5. The third kappa shape index (κ3) is 4.02. The van der Waals surface area contributed by atoms with Gasteiger partial charge in [-0.2, -0.15) is 13.2 Å². The molecule has 0 aromatic heterocycles. The van der Waals surface area contributed by atoms with Crippen LogP contribution in [-0.2, 0) is 6.18 Å². The SMILES string of the molecule is CN(CCOc1cc(N)cc(C(F)(F)F)c1)C1CC1. The summed E-state index contributed by atoms with van der Waals surface area (Å²) in [4.78, 5) is 2.15. The standard InChI is InChI=1S/C13H17F3N2O/c1-18(11-2-3-11)4-5-19-12-7-9(13(14,15)16)6-10(17)8-12/h6-8,11H,2-5,17H2,1H3. The van der Waals surface area contributed by atoms with Gasteiger partial charge in [0.25, 0.3) is 0 Å². The highest BCUT2D eigenvalue weighted by atomic mass is 19.4. The monoisotopic (exact) mass is 274 g/mol. The number of hydrogen-bond donors (Lipinski definition) is 1. The molecule has 0 amide bonds. The zero-order valence-corrected chi connectivity index (χ0v) is 10.7. The summed E-state index contributed by atoms with van der Waals surface area (Å²) < 4.78 is 43.1. The number of alkyl halides is 3. The van der Waals surface area contributed by atoms with Crippen molar-refractivity contribution in [1.29, 1.82) is 0 Å². The van der Waals surface area contributed by atoms with Crippen molar-refractivity contribution in [3.63, 3.8) is 0 Å². The molecule has 0 saturated heterocycles. The Morgan fingerprint density at radius 1 is 1.32 bits per heavy atom. The number of halogens is 3. The highest BCUT2D eigenvalue weighted by Gasteiger charge is 2.31. The molecule has 19 heavy (non-hydrogen) atoms. The second kappa shape index (κ2) is 5.28. The second-order valence-corrected chi connectivity index (χ2v) is 4.85. The maximum atomic E-state index is 12.6. The molecule has 0 atom stereocenters. The molecule has 106 valence electrons. The van der Waals surface area contributed by atoms with E-state index in [1.54, 1.807) is 0 Å². The van der Waals surface area contributed by atoms with Gasteiger partial charge in [-0.25, -0.2) is 0 Å². The highest BCUT2D eigenvalue weighted by Crippen LogP contribution is 2.33. The van der Waals surface area contributed by atoms with Gasteiger partial charge in [0.15, 0.2) is 0 Å². The minimum Gasteiger partial charge on any atom is -0.492 e. The number of benzene rings is 1. The molecule has 0 heterocycles. The topological polar surface area (TPSA) is 38.5 Å². The predicted octanol–water partition coefficient (Wildman–Crippen LogP) is 2.76. The average molecular weight is 274 g/mol. The molecule has 0 bridgehead atoms. The van der Waals surface area contributed by atoms with Gasteiger partial charge in [-0.15, -0.1) is 0 Å².